The Morgan fingerprint density at radius 2 is 1.69 bits per heavy atom. The summed E-state index contributed by atoms with van der Waals surface area (Å²) in [6.07, 6.45) is 1.59. The number of anilines is 1. The lowest BCUT2D eigenvalue weighted by Crippen LogP contribution is -2.41. The molecule has 1 aliphatic heterocycles. The van der Waals surface area contributed by atoms with Crippen LogP contribution in [-0.4, -0.2) is 48.6 Å². The monoisotopic (exact) mass is 556 g/mol. The smallest absolute Gasteiger partial charge is 0.496 e. The summed E-state index contributed by atoms with van der Waals surface area (Å²) in [7, 11) is -3.65. The summed E-state index contributed by atoms with van der Waals surface area (Å²) in [4.78, 5) is 3.85. The van der Waals surface area contributed by atoms with Crippen molar-refractivity contribution in [3.8, 4) is 5.75 Å². The van der Waals surface area contributed by atoms with Crippen LogP contribution in [0.3, 0.4) is 0 Å². The molecule has 0 atom stereocenters. The molecule has 1 saturated heterocycles. The summed E-state index contributed by atoms with van der Waals surface area (Å²) in [5.74, 6) is -1.51. The second kappa shape index (κ2) is 9.58. The van der Waals surface area contributed by atoms with Crippen molar-refractivity contribution >= 4 is 39.5 Å². The van der Waals surface area contributed by atoms with Gasteiger partial charge in [0.2, 0.25) is 0 Å². The van der Waals surface area contributed by atoms with E-state index in [-0.39, 0.29) is 12.4 Å². The number of pyridine rings is 1. The van der Waals surface area contributed by atoms with Gasteiger partial charge in [0, 0.05) is 17.7 Å². The van der Waals surface area contributed by atoms with Gasteiger partial charge in [-0.3, -0.25) is 4.72 Å². The van der Waals surface area contributed by atoms with Crippen LogP contribution in [0.15, 0.2) is 59.6 Å². The standard InChI is InChI=1S/C26H27BF2N4O5S/c1-25(2)26(3,4)38-27(37-25)17-12-20-23(32-39(34,35)22-11-8-18(28)13-21(22)29)31-33(24(20)30-14-17)15-16-6-9-19(36-5)10-7-16/h6-14H,15H2,1-5H3,(H,31,32). The van der Waals surface area contributed by atoms with Gasteiger partial charge in [0.05, 0.1) is 30.2 Å². The molecule has 1 N–H and O–H groups in total. The number of hydrogen-bond acceptors (Lipinski definition) is 7. The fraction of sp³-hybridized carbons (Fsp3) is 0.308. The van der Waals surface area contributed by atoms with Crippen LogP contribution in [0.5, 0.6) is 5.75 Å². The first-order valence-corrected chi connectivity index (χ1v) is 13.6. The zero-order valence-electron chi connectivity index (χ0n) is 22.0. The second-order valence-electron chi connectivity index (χ2n) is 10.3. The highest BCUT2D eigenvalue weighted by Gasteiger charge is 2.52. The molecule has 1 fully saturated rings. The molecule has 0 amide bonds. The Balaban J connectivity index is 1.58. The van der Waals surface area contributed by atoms with Crippen molar-refractivity contribution in [3.63, 3.8) is 0 Å². The van der Waals surface area contributed by atoms with Crippen LogP contribution in [-0.2, 0) is 25.9 Å². The normalized spacial score (nSPS) is 16.5. The first-order chi connectivity index (χ1) is 18.3. The Hall–Kier alpha value is -3.55. The molecule has 3 heterocycles. The van der Waals surface area contributed by atoms with Gasteiger partial charge in [0.1, 0.15) is 22.3 Å². The summed E-state index contributed by atoms with van der Waals surface area (Å²) in [6.45, 7) is 7.94. The Kier molecular flexibility index (Phi) is 6.64. The van der Waals surface area contributed by atoms with E-state index in [2.05, 4.69) is 14.8 Å². The molecule has 0 aliphatic carbocycles. The number of ether oxygens (including phenoxy) is 1. The van der Waals surface area contributed by atoms with Gasteiger partial charge in [0.15, 0.2) is 11.5 Å². The molecular formula is C26H27BF2N4O5S. The molecule has 0 bridgehead atoms. The molecule has 2 aromatic carbocycles. The molecule has 0 radical (unpaired) electrons. The van der Waals surface area contributed by atoms with Crippen molar-refractivity contribution in [2.24, 2.45) is 0 Å². The summed E-state index contributed by atoms with van der Waals surface area (Å²) in [5.41, 5.74) is 0.587. The number of methoxy groups -OCH3 is 1. The van der Waals surface area contributed by atoms with E-state index in [1.165, 1.54) is 4.68 Å². The summed E-state index contributed by atoms with van der Waals surface area (Å²) >= 11 is 0. The van der Waals surface area contributed by atoms with Gasteiger partial charge in [-0.15, -0.1) is 0 Å². The van der Waals surface area contributed by atoms with E-state index in [1.807, 2.05) is 39.8 Å². The Labute approximate surface area is 225 Å². The van der Waals surface area contributed by atoms with Crippen LogP contribution in [0, 0.1) is 11.6 Å². The van der Waals surface area contributed by atoms with E-state index in [0.717, 1.165) is 17.7 Å². The second-order valence-corrected chi connectivity index (χ2v) is 11.9. The van der Waals surface area contributed by atoms with Crippen LogP contribution < -0.4 is 14.9 Å². The largest absolute Gasteiger partial charge is 0.497 e. The number of nitrogens with one attached hydrogen (secondary N) is 1. The van der Waals surface area contributed by atoms with Crippen LogP contribution in [0.1, 0.15) is 33.3 Å². The number of halogens is 2. The lowest BCUT2D eigenvalue weighted by atomic mass is 9.80. The minimum atomic E-state index is -4.46. The molecule has 0 spiro atoms. The number of aromatic nitrogens is 3. The van der Waals surface area contributed by atoms with Crippen LogP contribution in [0.25, 0.3) is 11.0 Å². The summed E-state index contributed by atoms with van der Waals surface area (Å²) in [5, 5.41) is 4.81. The highest BCUT2D eigenvalue weighted by atomic mass is 32.2. The number of nitrogens with zero attached hydrogens (tertiary/aromatic N) is 3. The molecule has 39 heavy (non-hydrogen) atoms. The van der Waals surface area contributed by atoms with Crippen molar-refractivity contribution in [1.29, 1.82) is 0 Å². The molecule has 5 rings (SSSR count). The number of fused-ring (bicyclic) bond motifs is 1. The van der Waals surface area contributed by atoms with E-state index in [0.29, 0.717) is 28.3 Å². The average Bonchev–Trinajstić information content (AvgIpc) is 3.30. The molecule has 2 aromatic heterocycles. The third kappa shape index (κ3) is 5.09. The molecule has 9 nitrogen and oxygen atoms in total. The van der Waals surface area contributed by atoms with E-state index >= 15 is 0 Å². The van der Waals surface area contributed by atoms with Gasteiger partial charge in [-0.1, -0.05) is 12.1 Å². The number of benzene rings is 2. The third-order valence-electron chi connectivity index (χ3n) is 7.04. The van der Waals surface area contributed by atoms with Crippen molar-refractivity contribution in [1.82, 2.24) is 14.8 Å². The molecule has 0 saturated carbocycles. The number of rotatable bonds is 7. The Morgan fingerprint density at radius 3 is 2.31 bits per heavy atom. The van der Waals surface area contributed by atoms with Crippen LogP contribution in [0.4, 0.5) is 14.6 Å². The van der Waals surface area contributed by atoms with Gasteiger partial charge >= 0.3 is 7.12 Å². The van der Waals surface area contributed by atoms with Crippen molar-refractivity contribution in [2.45, 2.75) is 50.3 Å². The lowest BCUT2D eigenvalue weighted by Gasteiger charge is -2.32. The average molecular weight is 556 g/mol. The summed E-state index contributed by atoms with van der Waals surface area (Å²) < 4.78 is 75.4. The Bertz CT molecular complexity index is 1640. The molecule has 13 heteroatoms. The molecule has 0 unspecified atom stereocenters. The van der Waals surface area contributed by atoms with E-state index in [4.69, 9.17) is 14.0 Å². The fourth-order valence-corrected chi connectivity index (χ4v) is 5.23. The predicted octanol–water partition coefficient (Wildman–Crippen LogP) is 3.87. The first-order valence-electron chi connectivity index (χ1n) is 12.1. The molecular weight excluding hydrogens is 529 g/mol. The highest BCUT2D eigenvalue weighted by molar-refractivity contribution is 7.92. The maximum Gasteiger partial charge on any atom is 0.496 e. The zero-order valence-corrected chi connectivity index (χ0v) is 22.8. The molecule has 4 aromatic rings. The maximum atomic E-state index is 14.4. The summed E-state index contributed by atoms with van der Waals surface area (Å²) in [6, 6.07) is 11.2. The van der Waals surface area contributed by atoms with E-state index < -0.39 is 44.9 Å². The number of sulfonamides is 1. The highest BCUT2D eigenvalue weighted by Crippen LogP contribution is 2.37. The maximum absolute atomic E-state index is 14.4. The van der Waals surface area contributed by atoms with Gasteiger partial charge in [-0.2, -0.15) is 5.10 Å². The van der Waals surface area contributed by atoms with E-state index in [9.17, 15) is 17.2 Å². The van der Waals surface area contributed by atoms with Crippen molar-refractivity contribution < 1.29 is 31.2 Å². The van der Waals surface area contributed by atoms with Gasteiger partial charge in [-0.05, 0) is 63.6 Å². The zero-order chi connectivity index (χ0) is 28.2. The lowest BCUT2D eigenvalue weighted by molar-refractivity contribution is 0.00578. The van der Waals surface area contributed by atoms with Crippen molar-refractivity contribution in [2.75, 3.05) is 11.8 Å². The van der Waals surface area contributed by atoms with E-state index in [1.54, 1.807) is 31.5 Å². The molecule has 204 valence electrons. The van der Waals surface area contributed by atoms with Crippen molar-refractivity contribution in [3.05, 3.63) is 71.9 Å². The third-order valence-corrected chi connectivity index (χ3v) is 8.41. The Morgan fingerprint density at radius 1 is 1.03 bits per heavy atom. The number of hydrogen-bond donors (Lipinski definition) is 1. The van der Waals surface area contributed by atoms with Gasteiger partial charge in [0.25, 0.3) is 10.0 Å². The fourth-order valence-electron chi connectivity index (χ4n) is 4.15. The minimum absolute atomic E-state index is 0.0758. The first kappa shape index (κ1) is 27.0. The topological polar surface area (TPSA) is 105 Å². The minimum Gasteiger partial charge on any atom is -0.497 e. The van der Waals surface area contributed by atoms with Crippen LogP contribution in [0.2, 0.25) is 0 Å². The van der Waals surface area contributed by atoms with Gasteiger partial charge < -0.3 is 14.0 Å². The quantitative estimate of drug-likeness (QED) is 0.345. The van der Waals surface area contributed by atoms with Crippen LogP contribution >= 0.6 is 0 Å². The van der Waals surface area contributed by atoms with Gasteiger partial charge in [-0.25, -0.2) is 26.9 Å². The molecule has 1 aliphatic rings. The predicted molar refractivity (Wildman–Crippen MR) is 143 cm³/mol. The SMILES string of the molecule is COc1ccc(Cn2nc(NS(=O)(=O)c3ccc(F)cc3F)c3cc(B4OC(C)(C)C(C)(C)O4)cnc32)cc1.